The van der Waals surface area contributed by atoms with E-state index in [0.717, 1.165) is 18.4 Å². The second-order valence-electron chi connectivity index (χ2n) is 6.32. The highest BCUT2D eigenvalue weighted by Gasteiger charge is 2.31. The van der Waals surface area contributed by atoms with Crippen molar-refractivity contribution in [1.82, 2.24) is 4.90 Å². The molecule has 4 heteroatoms. The molecule has 3 nitrogen and oxygen atoms in total. The summed E-state index contributed by atoms with van der Waals surface area (Å²) in [7, 11) is 1.74. The fourth-order valence-corrected chi connectivity index (χ4v) is 2.60. The van der Waals surface area contributed by atoms with E-state index in [2.05, 4.69) is 0 Å². The monoisotopic (exact) mass is 293 g/mol. The van der Waals surface area contributed by atoms with E-state index < -0.39 is 6.10 Å². The SMILES string of the molecule is CC(CC(=O)N(C)CC(O)C1CC1)Cc1cccc(F)c1. The van der Waals surface area contributed by atoms with Gasteiger partial charge in [-0.25, -0.2) is 4.39 Å². The summed E-state index contributed by atoms with van der Waals surface area (Å²) < 4.78 is 13.1. The molecule has 0 saturated heterocycles. The quantitative estimate of drug-likeness (QED) is 0.839. The van der Waals surface area contributed by atoms with E-state index in [1.165, 1.54) is 12.1 Å². The molecule has 0 bridgehead atoms. The summed E-state index contributed by atoms with van der Waals surface area (Å²) in [5, 5.41) is 9.87. The molecule has 116 valence electrons. The third-order valence-electron chi connectivity index (χ3n) is 4.05. The van der Waals surface area contributed by atoms with Gasteiger partial charge in [0, 0.05) is 20.0 Å². The van der Waals surface area contributed by atoms with Gasteiger partial charge >= 0.3 is 0 Å². The molecule has 2 unspecified atom stereocenters. The second-order valence-corrected chi connectivity index (χ2v) is 6.32. The Kier molecular flexibility index (Phi) is 5.34. The largest absolute Gasteiger partial charge is 0.391 e. The molecule has 1 amide bonds. The van der Waals surface area contributed by atoms with Crippen LogP contribution in [0, 0.1) is 17.7 Å². The van der Waals surface area contributed by atoms with Crippen LogP contribution in [-0.2, 0) is 11.2 Å². The van der Waals surface area contributed by atoms with Gasteiger partial charge in [0.05, 0.1) is 6.10 Å². The number of aliphatic hydroxyl groups excluding tert-OH is 1. The molecule has 0 aliphatic heterocycles. The molecule has 1 aliphatic carbocycles. The number of halogens is 1. The van der Waals surface area contributed by atoms with Gasteiger partial charge in [-0.05, 0) is 48.8 Å². The number of carbonyl (C=O) groups is 1. The Labute approximate surface area is 125 Å². The summed E-state index contributed by atoms with van der Waals surface area (Å²) in [5.74, 6) is 0.332. The number of nitrogens with zero attached hydrogens (tertiary/aromatic N) is 1. The van der Waals surface area contributed by atoms with Crippen molar-refractivity contribution >= 4 is 5.91 Å². The Morgan fingerprint density at radius 1 is 1.48 bits per heavy atom. The van der Waals surface area contributed by atoms with Gasteiger partial charge < -0.3 is 10.0 Å². The predicted molar refractivity (Wildman–Crippen MR) is 80.3 cm³/mol. The summed E-state index contributed by atoms with van der Waals surface area (Å²) in [5.41, 5.74) is 0.913. The average molecular weight is 293 g/mol. The number of hydrogen-bond acceptors (Lipinski definition) is 2. The minimum absolute atomic E-state index is 0.0404. The topological polar surface area (TPSA) is 40.5 Å². The molecule has 1 saturated carbocycles. The maximum atomic E-state index is 13.1. The van der Waals surface area contributed by atoms with Crippen LogP contribution in [-0.4, -0.2) is 35.6 Å². The Hall–Kier alpha value is -1.42. The highest BCUT2D eigenvalue weighted by molar-refractivity contribution is 5.76. The van der Waals surface area contributed by atoms with E-state index in [1.807, 2.05) is 13.0 Å². The van der Waals surface area contributed by atoms with Crippen molar-refractivity contribution in [2.45, 2.75) is 38.7 Å². The van der Waals surface area contributed by atoms with Crippen molar-refractivity contribution in [3.05, 3.63) is 35.6 Å². The number of hydrogen-bond donors (Lipinski definition) is 1. The van der Waals surface area contributed by atoms with Gasteiger partial charge in [-0.3, -0.25) is 4.79 Å². The lowest BCUT2D eigenvalue weighted by Gasteiger charge is -2.22. The normalized spacial score (nSPS) is 17.3. The molecule has 1 aromatic rings. The molecule has 1 fully saturated rings. The van der Waals surface area contributed by atoms with E-state index in [-0.39, 0.29) is 17.6 Å². The van der Waals surface area contributed by atoms with Crippen LogP contribution < -0.4 is 0 Å². The zero-order valence-electron chi connectivity index (χ0n) is 12.8. The molecule has 1 N–H and O–H groups in total. The van der Waals surface area contributed by atoms with E-state index >= 15 is 0 Å². The van der Waals surface area contributed by atoms with Crippen molar-refractivity contribution in [3.63, 3.8) is 0 Å². The highest BCUT2D eigenvalue weighted by Crippen LogP contribution is 2.32. The van der Waals surface area contributed by atoms with Crippen molar-refractivity contribution in [3.8, 4) is 0 Å². The van der Waals surface area contributed by atoms with Gasteiger partial charge in [-0.2, -0.15) is 0 Å². The first kappa shape index (κ1) is 16.0. The molecule has 2 rings (SSSR count). The van der Waals surface area contributed by atoms with Crippen LogP contribution in [0.1, 0.15) is 31.7 Å². The maximum Gasteiger partial charge on any atom is 0.222 e. The predicted octanol–water partition coefficient (Wildman–Crippen LogP) is 2.62. The first-order valence-corrected chi connectivity index (χ1v) is 7.62. The van der Waals surface area contributed by atoms with Crippen LogP contribution >= 0.6 is 0 Å². The van der Waals surface area contributed by atoms with Crippen molar-refractivity contribution < 1.29 is 14.3 Å². The van der Waals surface area contributed by atoms with E-state index in [9.17, 15) is 14.3 Å². The molecular weight excluding hydrogens is 269 g/mol. The van der Waals surface area contributed by atoms with Gasteiger partial charge in [0.2, 0.25) is 5.91 Å². The number of likely N-dealkylation sites (N-methyl/N-ethyl adjacent to an activating group) is 1. The number of rotatable bonds is 7. The van der Waals surface area contributed by atoms with Gasteiger partial charge in [-0.15, -0.1) is 0 Å². The van der Waals surface area contributed by atoms with Gasteiger partial charge in [-0.1, -0.05) is 19.1 Å². The van der Waals surface area contributed by atoms with Crippen LogP contribution in [0.25, 0.3) is 0 Å². The van der Waals surface area contributed by atoms with E-state index in [1.54, 1.807) is 18.0 Å². The average Bonchev–Trinajstić information content (AvgIpc) is 3.22. The highest BCUT2D eigenvalue weighted by atomic mass is 19.1. The molecule has 2 atom stereocenters. The third kappa shape index (κ3) is 5.12. The smallest absolute Gasteiger partial charge is 0.222 e. The minimum Gasteiger partial charge on any atom is -0.391 e. The van der Waals surface area contributed by atoms with Crippen molar-refractivity contribution in [2.75, 3.05) is 13.6 Å². The number of aliphatic hydroxyl groups is 1. The first-order valence-electron chi connectivity index (χ1n) is 7.62. The van der Waals surface area contributed by atoms with Crippen molar-refractivity contribution in [1.29, 1.82) is 0 Å². The minimum atomic E-state index is -0.391. The molecule has 0 aromatic heterocycles. The zero-order chi connectivity index (χ0) is 15.4. The van der Waals surface area contributed by atoms with Crippen LogP contribution in [0.2, 0.25) is 0 Å². The summed E-state index contributed by atoms with van der Waals surface area (Å²) in [6.45, 7) is 2.41. The summed E-state index contributed by atoms with van der Waals surface area (Å²) in [6, 6.07) is 6.51. The summed E-state index contributed by atoms with van der Waals surface area (Å²) >= 11 is 0. The second kappa shape index (κ2) is 7.03. The third-order valence-corrected chi connectivity index (χ3v) is 4.05. The summed E-state index contributed by atoms with van der Waals surface area (Å²) in [4.78, 5) is 13.7. The van der Waals surface area contributed by atoms with Gasteiger partial charge in [0.1, 0.15) is 5.82 Å². The number of amides is 1. The Morgan fingerprint density at radius 2 is 2.19 bits per heavy atom. The standard InChI is InChI=1S/C17H24FNO2/c1-12(8-13-4-3-5-15(18)10-13)9-17(21)19(2)11-16(20)14-6-7-14/h3-5,10,12,14,16,20H,6-9,11H2,1-2H3. The molecule has 0 heterocycles. The van der Waals surface area contributed by atoms with Crippen molar-refractivity contribution in [2.24, 2.45) is 11.8 Å². The van der Waals surface area contributed by atoms with Crippen LogP contribution in [0.15, 0.2) is 24.3 Å². The zero-order valence-corrected chi connectivity index (χ0v) is 12.8. The van der Waals surface area contributed by atoms with Gasteiger partial charge in [0.25, 0.3) is 0 Å². The molecule has 1 aromatic carbocycles. The summed E-state index contributed by atoms with van der Waals surface area (Å²) in [6.07, 6.45) is 2.85. The van der Waals surface area contributed by atoms with E-state index in [4.69, 9.17) is 0 Å². The Balaban J connectivity index is 1.78. The fraction of sp³-hybridized carbons (Fsp3) is 0.588. The van der Waals surface area contributed by atoms with Crippen LogP contribution in [0.5, 0.6) is 0 Å². The first-order chi connectivity index (χ1) is 9.95. The fourth-order valence-electron chi connectivity index (χ4n) is 2.60. The molecule has 0 radical (unpaired) electrons. The maximum absolute atomic E-state index is 13.1. The Bertz CT molecular complexity index is 487. The van der Waals surface area contributed by atoms with Crippen LogP contribution in [0.4, 0.5) is 4.39 Å². The number of carbonyl (C=O) groups excluding carboxylic acids is 1. The number of benzene rings is 1. The van der Waals surface area contributed by atoms with Gasteiger partial charge in [0.15, 0.2) is 0 Å². The molecule has 21 heavy (non-hydrogen) atoms. The lowest BCUT2D eigenvalue weighted by atomic mass is 9.97. The molecule has 1 aliphatic rings. The van der Waals surface area contributed by atoms with Crippen LogP contribution in [0.3, 0.4) is 0 Å². The molecular formula is C17H24FNO2. The Morgan fingerprint density at radius 3 is 2.81 bits per heavy atom. The lowest BCUT2D eigenvalue weighted by Crippen LogP contribution is -2.36. The van der Waals surface area contributed by atoms with E-state index in [0.29, 0.717) is 25.3 Å². The lowest BCUT2D eigenvalue weighted by molar-refractivity contribution is -0.132. The molecule has 0 spiro atoms.